The minimum Gasteiger partial charge on any atom is -0.478 e. The fourth-order valence-electron chi connectivity index (χ4n) is 3.12. The first kappa shape index (κ1) is 19.3. The molecule has 0 N–H and O–H groups in total. The first-order valence-corrected chi connectivity index (χ1v) is 8.84. The molecule has 1 aliphatic heterocycles. The molecule has 2 aromatic carbocycles. The van der Waals surface area contributed by atoms with Crippen LogP contribution in [0.3, 0.4) is 0 Å². The number of nitro benzene ring substituents is 1. The predicted octanol–water partition coefficient (Wildman–Crippen LogP) is 2.83. The Labute approximate surface area is 162 Å². The van der Waals surface area contributed by atoms with E-state index in [9.17, 15) is 14.9 Å². The van der Waals surface area contributed by atoms with Crippen molar-refractivity contribution >= 4 is 11.6 Å². The topological polar surface area (TPSA) is 106 Å². The number of rotatable bonds is 8. The number of amides is 1. The van der Waals surface area contributed by atoms with Gasteiger partial charge in [0.2, 0.25) is 6.10 Å². The molecule has 2 atom stereocenters. The molecule has 1 amide bonds. The fraction of sp³-hybridized carbons (Fsp3) is 0.300. The quantitative estimate of drug-likeness (QED) is 0.301. The van der Waals surface area contributed by atoms with Gasteiger partial charge in [-0.3, -0.25) is 14.9 Å². The molecule has 3 rings (SSSR count). The lowest BCUT2D eigenvalue weighted by Gasteiger charge is -2.46. The smallest absolute Gasteiger partial charge is 0.269 e. The van der Waals surface area contributed by atoms with Crippen LogP contribution in [0.4, 0.5) is 5.69 Å². The molecule has 0 aromatic heterocycles. The summed E-state index contributed by atoms with van der Waals surface area (Å²) in [6, 6.07) is 14.3. The van der Waals surface area contributed by atoms with E-state index < -0.39 is 11.0 Å². The molecule has 1 fully saturated rings. The largest absolute Gasteiger partial charge is 0.478 e. The van der Waals surface area contributed by atoms with Crippen molar-refractivity contribution in [3.63, 3.8) is 0 Å². The van der Waals surface area contributed by atoms with Crippen LogP contribution in [0.2, 0.25) is 0 Å². The zero-order valence-electron chi connectivity index (χ0n) is 15.3. The summed E-state index contributed by atoms with van der Waals surface area (Å²) in [6.07, 6.45) is -0.767. The van der Waals surface area contributed by atoms with Gasteiger partial charge in [0.25, 0.3) is 11.6 Å². The average molecular weight is 381 g/mol. The van der Waals surface area contributed by atoms with Gasteiger partial charge in [-0.15, -0.1) is 0 Å². The van der Waals surface area contributed by atoms with Gasteiger partial charge in [-0.05, 0) is 42.8 Å². The van der Waals surface area contributed by atoms with Crippen LogP contribution in [0.15, 0.2) is 48.5 Å². The van der Waals surface area contributed by atoms with Crippen molar-refractivity contribution in [2.75, 3.05) is 19.8 Å². The van der Waals surface area contributed by atoms with Gasteiger partial charge in [0.1, 0.15) is 11.8 Å². The van der Waals surface area contributed by atoms with Crippen molar-refractivity contribution in [3.8, 4) is 11.8 Å². The monoisotopic (exact) mass is 381 g/mol. The van der Waals surface area contributed by atoms with Crippen LogP contribution < -0.4 is 4.74 Å². The number of benzene rings is 2. The summed E-state index contributed by atoms with van der Waals surface area (Å²) in [5, 5.41) is 19.9. The Hall–Kier alpha value is -3.44. The van der Waals surface area contributed by atoms with Crippen LogP contribution >= 0.6 is 0 Å². The molecule has 144 valence electrons. The van der Waals surface area contributed by atoms with E-state index in [0.29, 0.717) is 31.1 Å². The number of carbonyl (C=O) groups excluding carboxylic acids is 1. The summed E-state index contributed by atoms with van der Waals surface area (Å²) in [6.45, 7) is 3.21. The maximum Gasteiger partial charge on any atom is 0.269 e. The Morgan fingerprint density at radius 3 is 2.64 bits per heavy atom. The Morgan fingerprint density at radius 2 is 2.00 bits per heavy atom. The molecule has 0 aliphatic carbocycles. The van der Waals surface area contributed by atoms with E-state index in [4.69, 9.17) is 14.7 Å². The van der Waals surface area contributed by atoms with Crippen LogP contribution in [-0.2, 0) is 9.53 Å². The highest BCUT2D eigenvalue weighted by Gasteiger charge is 2.49. The SMILES string of the molecule is CCOCCN1C(=O)[C@H](Oc2cccc(C#N)c2)[C@H]1c1ccc([N+](=O)[O-])cc1. The molecule has 1 aliphatic rings. The first-order chi connectivity index (χ1) is 13.5. The van der Waals surface area contributed by atoms with Crippen molar-refractivity contribution < 1.29 is 19.2 Å². The molecule has 0 unspecified atom stereocenters. The van der Waals surface area contributed by atoms with E-state index in [1.54, 1.807) is 41.3 Å². The highest BCUT2D eigenvalue weighted by Crippen LogP contribution is 2.38. The number of β-lactam (4-membered cyclic amide) rings is 1. The van der Waals surface area contributed by atoms with Gasteiger partial charge in [-0.25, -0.2) is 0 Å². The minimum atomic E-state index is -0.767. The van der Waals surface area contributed by atoms with Crippen LogP contribution in [0.1, 0.15) is 24.1 Å². The normalized spacial score (nSPS) is 18.3. The van der Waals surface area contributed by atoms with Crippen LogP contribution in [-0.4, -0.2) is 41.6 Å². The number of hydrogen-bond donors (Lipinski definition) is 0. The number of likely N-dealkylation sites (tertiary alicyclic amines) is 1. The standard InChI is InChI=1S/C20H19N3O5/c1-2-27-11-10-22-18(15-6-8-16(9-7-15)23(25)26)19(20(22)24)28-17-5-3-4-14(12-17)13-21/h3-9,12,18-19H,2,10-11H2,1H3/t18-,19-/m1/s1. The van der Waals surface area contributed by atoms with Crippen LogP contribution in [0.5, 0.6) is 5.75 Å². The second-order valence-electron chi connectivity index (χ2n) is 6.20. The number of hydrogen-bond acceptors (Lipinski definition) is 6. The van der Waals surface area contributed by atoms with E-state index in [0.717, 1.165) is 5.56 Å². The molecule has 8 nitrogen and oxygen atoms in total. The number of carbonyl (C=O) groups is 1. The van der Waals surface area contributed by atoms with E-state index in [1.165, 1.54) is 12.1 Å². The Balaban J connectivity index is 1.83. The lowest BCUT2D eigenvalue weighted by atomic mass is 9.90. The molecule has 2 aromatic rings. The maximum atomic E-state index is 12.6. The third-order valence-electron chi connectivity index (χ3n) is 4.50. The number of nitro groups is 1. The molecule has 0 spiro atoms. The molecule has 0 saturated carbocycles. The summed E-state index contributed by atoms with van der Waals surface area (Å²) < 4.78 is 11.2. The molecular formula is C20H19N3O5. The minimum absolute atomic E-state index is 0.0190. The third-order valence-corrected chi connectivity index (χ3v) is 4.50. The first-order valence-electron chi connectivity index (χ1n) is 8.84. The van der Waals surface area contributed by atoms with Gasteiger partial charge >= 0.3 is 0 Å². The van der Waals surface area contributed by atoms with E-state index in [2.05, 4.69) is 0 Å². The molecular weight excluding hydrogens is 362 g/mol. The lowest BCUT2D eigenvalue weighted by molar-refractivity contribution is -0.384. The third kappa shape index (κ3) is 3.94. The van der Waals surface area contributed by atoms with Crippen molar-refractivity contribution in [2.24, 2.45) is 0 Å². The Morgan fingerprint density at radius 1 is 1.25 bits per heavy atom. The van der Waals surface area contributed by atoms with Crippen molar-refractivity contribution in [1.29, 1.82) is 5.26 Å². The number of non-ortho nitro benzene ring substituents is 1. The van der Waals surface area contributed by atoms with Gasteiger partial charge in [-0.2, -0.15) is 5.26 Å². The predicted molar refractivity (Wildman–Crippen MR) is 99.6 cm³/mol. The van der Waals surface area contributed by atoms with E-state index in [-0.39, 0.29) is 17.6 Å². The second-order valence-corrected chi connectivity index (χ2v) is 6.20. The molecule has 0 radical (unpaired) electrons. The summed E-state index contributed by atoms with van der Waals surface area (Å²) in [5.74, 6) is 0.235. The number of ether oxygens (including phenoxy) is 2. The number of nitrogens with zero attached hydrogens (tertiary/aromatic N) is 3. The maximum absolute atomic E-state index is 12.6. The Bertz CT molecular complexity index is 907. The summed E-state index contributed by atoms with van der Waals surface area (Å²) >= 11 is 0. The van der Waals surface area contributed by atoms with Crippen LogP contribution in [0.25, 0.3) is 0 Å². The van der Waals surface area contributed by atoms with E-state index in [1.807, 2.05) is 13.0 Å². The molecule has 0 bridgehead atoms. The van der Waals surface area contributed by atoms with E-state index >= 15 is 0 Å². The summed E-state index contributed by atoms with van der Waals surface area (Å²) in [7, 11) is 0. The highest BCUT2D eigenvalue weighted by molar-refractivity contribution is 5.89. The fourth-order valence-corrected chi connectivity index (χ4v) is 3.12. The van der Waals surface area contributed by atoms with Crippen molar-refractivity contribution in [2.45, 2.75) is 19.1 Å². The van der Waals surface area contributed by atoms with Crippen LogP contribution in [0, 0.1) is 21.4 Å². The van der Waals surface area contributed by atoms with Gasteiger partial charge in [0, 0.05) is 25.3 Å². The zero-order chi connectivity index (χ0) is 20.1. The molecule has 8 heteroatoms. The summed E-state index contributed by atoms with van der Waals surface area (Å²) in [4.78, 5) is 24.7. The Kier molecular flexibility index (Phi) is 5.87. The van der Waals surface area contributed by atoms with Crippen molar-refractivity contribution in [3.05, 3.63) is 69.8 Å². The zero-order valence-corrected chi connectivity index (χ0v) is 15.3. The lowest BCUT2D eigenvalue weighted by Crippen LogP contribution is -2.61. The second kappa shape index (κ2) is 8.50. The van der Waals surface area contributed by atoms with Gasteiger partial charge in [0.15, 0.2) is 0 Å². The summed E-state index contributed by atoms with van der Waals surface area (Å²) in [5.41, 5.74) is 1.15. The molecule has 28 heavy (non-hydrogen) atoms. The highest BCUT2D eigenvalue weighted by atomic mass is 16.6. The van der Waals surface area contributed by atoms with Gasteiger partial charge in [-0.1, -0.05) is 6.07 Å². The average Bonchev–Trinajstić information content (AvgIpc) is 2.72. The van der Waals surface area contributed by atoms with Crippen molar-refractivity contribution in [1.82, 2.24) is 4.90 Å². The molecule has 1 heterocycles. The van der Waals surface area contributed by atoms with Gasteiger partial charge in [0.05, 0.1) is 23.2 Å². The van der Waals surface area contributed by atoms with Gasteiger partial charge < -0.3 is 14.4 Å². The number of nitriles is 1. The molecule has 1 saturated heterocycles.